The van der Waals surface area contributed by atoms with E-state index >= 15 is 0 Å². The summed E-state index contributed by atoms with van der Waals surface area (Å²) >= 11 is 0. The van der Waals surface area contributed by atoms with Crippen LogP contribution in [0.25, 0.3) is 0 Å². The van der Waals surface area contributed by atoms with Crippen LogP contribution in [0.3, 0.4) is 0 Å². The molecule has 3 aromatic rings. The molecule has 32 heavy (non-hydrogen) atoms. The molecule has 0 radical (unpaired) electrons. The Morgan fingerprint density at radius 2 is 1.81 bits per heavy atom. The Morgan fingerprint density at radius 1 is 1.16 bits per heavy atom. The first-order valence-corrected chi connectivity index (χ1v) is 11.2. The van der Waals surface area contributed by atoms with Gasteiger partial charge in [-0.25, -0.2) is 12.8 Å². The number of carbonyl (C=O) groups is 2. The molecular weight excluding hydrogens is 435 g/mol. The molecule has 2 heterocycles. The van der Waals surface area contributed by atoms with Crippen LogP contribution in [0.5, 0.6) is 0 Å². The fraction of sp³-hybridized carbons (Fsp3) is 0.227. The van der Waals surface area contributed by atoms with Crippen molar-refractivity contribution in [1.82, 2.24) is 14.9 Å². The van der Waals surface area contributed by atoms with Crippen molar-refractivity contribution in [2.24, 2.45) is 5.73 Å². The van der Waals surface area contributed by atoms with E-state index in [4.69, 9.17) is 5.73 Å². The first kappa shape index (κ1) is 23.1. The number of aromatic amines is 1. The summed E-state index contributed by atoms with van der Waals surface area (Å²) in [5.41, 5.74) is 5.41. The highest BCUT2D eigenvalue weighted by Gasteiger charge is 2.35. The lowest BCUT2D eigenvalue weighted by Crippen LogP contribution is -2.28. The van der Waals surface area contributed by atoms with Gasteiger partial charge in [0.2, 0.25) is 9.84 Å². The van der Waals surface area contributed by atoms with E-state index in [0.717, 1.165) is 6.20 Å². The van der Waals surface area contributed by atoms with Crippen molar-refractivity contribution in [3.8, 4) is 0 Å². The van der Waals surface area contributed by atoms with Crippen molar-refractivity contribution >= 4 is 21.7 Å². The van der Waals surface area contributed by atoms with Crippen molar-refractivity contribution in [2.75, 3.05) is 7.05 Å². The Hall–Kier alpha value is -3.53. The number of nitrogens with two attached hydrogens (primary N) is 1. The Kier molecular flexibility index (Phi) is 6.45. The van der Waals surface area contributed by atoms with Crippen LogP contribution in [-0.4, -0.2) is 42.1 Å². The summed E-state index contributed by atoms with van der Waals surface area (Å²) < 4.78 is 40.8. The van der Waals surface area contributed by atoms with Gasteiger partial charge in [0, 0.05) is 30.9 Å². The number of sulfone groups is 1. The molecule has 0 aliphatic heterocycles. The molecule has 0 spiro atoms. The van der Waals surface area contributed by atoms with Gasteiger partial charge < -0.3 is 15.6 Å². The minimum absolute atomic E-state index is 0.0328. The van der Waals surface area contributed by atoms with Gasteiger partial charge >= 0.3 is 0 Å². The second-order valence-electron chi connectivity index (χ2n) is 7.58. The van der Waals surface area contributed by atoms with Crippen LogP contribution >= 0.6 is 0 Å². The second-order valence-corrected chi connectivity index (χ2v) is 9.47. The van der Waals surface area contributed by atoms with Crippen molar-refractivity contribution in [2.45, 2.75) is 36.1 Å². The van der Waals surface area contributed by atoms with Crippen LogP contribution in [-0.2, 0) is 16.4 Å². The van der Waals surface area contributed by atoms with Crippen molar-refractivity contribution in [3.63, 3.8) is 0 Å². The van der Waals surface area contributed by atoms with Gasteiger partial charge in [0.05, 0.1) is 11.1 Å². The summed E-state index contributed by atoms with van der Waals surface area (Å²) in [4.78, 5) is 32.6. The van der Waals surface area contributed by atoms with Gasteiger partial charge in [-0.05, 0) is 24.1 Å². The Balaban J connectivity index is 2.15. The summed E-state index contributed by atoms with van der Waals surface area (Å²) in [5, 5.41) is 0. The average molecular weight is 459 g/mol. The first-order chi connectivity index (χ1) is 15.1. The molecule has 0 aliphatic carbocycles. The largest absolute Gasteiger partial charge is 0.364 e. The number of H-pyrrole nitrogens is 1. The van der Waals surface area contributed by atoms with E-state index in [-0.39, 0.29) is 38.9 Å². The SMILES string of the molecule is CC(C)c1c(C(=O)N(C)Cc2ccncc2F)[nH]c(C(N)=O)c1S(=O)(=O)c1ccccc1. The number of pyridine rings is 1. The van der Waals surface area contributed by atoms with E-state index in [0.29, 0.717) is 0 Å². The molecule has 2 aromatic heterocycles. The average Bonchev–Trinajstić information content (AvgIpc) is 3.17. The van der Waals surface area contributed by atoms with E-state index in [1.54, 1.807) is 32.0 Å². The van der Waals surface area contributed by atoms with Crippen molar-refractivity contribution in [3.05, 3.63) is 77.1 Å². The van der Waals surface area contributed by atoms with Gasteiger partial charge in [-0.1, -0.05) is 32.0 Å². The zero-order valence-corrected chi connectivity index (χ0v) is 18.6. The first-order valence-electron chi connectivity index (χ1n) is 9.75. The van der Waals surface area contributed by atoms with Crippen LogP contribution in [0.2, 0.25) is 0 Å². The topological polar surface area (TPSA) is 126 Å². The molecule has 0 unspecified atom stereocenters. The van der Waals surface area contributed by atoms with E-state index < -0.39 is 33.4 Å². The number of benzene rings is 1. The molecule has 0 saturated carbocycles. The number of amides is 2. The smallest absolute Gasteiger partial charge is 0.270 e. The van der Waals surface area contributed by atoms with Crippen LogP contribution in [0.1, 0.15) is 51.9 Å². The van der Waals surface area contributed by atoms with E-state index in [1.807, 2.05) is 0 Å². The van der Waals surface area contributed by atoms with Gasteiger partial charge in [-0.3, -0.25) is 14.6 Å². The number of nitrogens with zero attached hydrogens (tertiary/aromatic N) is 2. The molecule has 168 valence electrons. The zero-order chi connectivity index (χ0) is 23.6. The lowest BCUT2D eigenvalue weighted by molar-refractivity contribution is 0.0777. The van der Waals surface area contributed by atoms with Gasteiger partial charge in [0.15, 0.2) is 0 Å². The summed E-state index contributed by atoms with van der Waals surface area (Å²) in [6, 6.07) is 9.02. The third-order valence-corrected chi connectivity index (χ3v) is 6.82. The number of primary amides is 1. The molecule has 0 aliphatic rings. The summed E-state index contributed by atoms with van der Waals surface area (Å²) in [5.74, 6) is -2.64. The third-order valence-electron chi connectivity index (χ3n) is 4.96. The lowest BCUT2D eigenvalue weighted by atomic mass is 10.0. The van der Waals surface area contributed by atoms with E-state index in [1.165, 1.54) is 36.3 Å². The zero-order valence-electron chi connectivity index (χ0n) is 17.8. The number of aromatic nitrogens is 2. The van der Waals surface area contributed by atoms with Crippen LogP contribution in [0.15, 0.2) is 58.6 Å². The molecular formula is C22H23FN4O4S. The van der Waals surface area contributed by atoms with Crippen molar-refractivity contribution < 1.29 is 22.4 Å². The molecule has 10 heteroatoms. The van der Waals surface area contributed by atoms with Gasteiger partial charge in [-0.15, -0.1) is 0 Å². The number of hydrogen-bond acceptors (Lipinski definition) is 5. The van der Waals surface area contributed by atoms with Crippen molar-refractivity contribution in [1.29, 1.82) is 0 Å². The maximum Gasteiger partial charge on any atom is 0.270 e. The Bertz CT molecular complexity index is 1270. The fourth-order valence-corrected chi connectivity index (χ4v) is 5.24. The highest BCUT2D eigenvalue weighted by atomic mass is 32.2. The highest BCUT2D eigenvalue weighted by Crippen LogP contribution is 2.35. The molecule has 2 amide bonds. The van der Waals surface area contributed by atoms with Gasteiger partial charge in [0.25, 0.3) is 11.8 Å². The molecule has 3 rings (SSSR count). The summed E-state index contributed by atoms with van der Waals surface area (Å²) in [6.07, 6.45) is 2.44. The Morgan fingerprint density at radius 3 is 2.38 bits per heavy atom. The quantitative estimate of drug-likeness (QED) is 0.563. The standard InChI is InChI=1S/C22H23FN4O4S/c1-13(2)17-18(22(29)27(3)12-14-9-10-25-11-16(14)23)26-19(21(24)28)20(17)32(30,31)15-7-5-4-6-8-15/h4-11,13,26H,12H2,1-3H3,(H2,24,28). The normalized spacial score (nSPS) is 11.5. The monoisotopic (exact) mass is 458 g/mol. The fourth-order valence-electron chi connectivity index (χ4n) is 3.44. The number of hydrogen-bond donors (Lipinski definition) is 2. The summed E-state index contributed by atoms with van der Waals surface area (Å²) in [6.45, 7) is 3.32. The van der Waals surface area contributed by atoms with Crippen LogP contribution in [0.4, 0.5) is 4.39 Å². The minimum atomic E-state index is -4.17. The lowest BCUT2D eigenvalue weighted by Gasteiger charge is -2.19. The van der Waals surface area contributed by atoms with E-state index in [2.05, 4.69) is 9.97 Å². The van der Waals surface area contributed by atoms with Gasteiger partial charge in [-0.2, -0.15) is 0 Å². The maximum absolute atomic E-state index is 14.0. The molecule has 3 N–H and O–H groups in total. The predicted octanol–water partition coefficient (Wildman–Crippen LogP) is 2.88. The molecule has 0 bridgehead atoms. The number of rotatable bonds is 7. The molecule has 0 saturated heterocycles. The molecule has 0 fully saturated rings. The maximum atomic E-state index is 14.0. The number of carbonyl (C=O) groups excluding carboxylic acids is 2. The third kappa shape index (κ3) is 4.26. The second kappa shape index (κ2) is 8.91. The summed E-state index contributed by atoms with van der Waals surface area (Å²) in [7, 11) is -2.72. The molecule has 0 atom stereocenters. The van der Waals surface area contributed by atoms with Crippen LogP contribution in [0, 0.1) is 5.82 Å². The van der Waals surface area contributed by atoms with Crippen LogP contribution < -0.4 is 5.73 Å². The number of nitrogens with one attached hydrogen (secondary N) is 1. The highest BCUT2D eigenvalue weighted by molar-refractivity contribution is 7.91. The predicted molar refractivity (Wildman–Crippen MR) is 115 cm³/mol. The number of halogens is 1. The molecule has 8 nitrogen and oxygen atoms in total. The molecule has 1 aromatic carbocycles. The van der Waals surface area contributed by atoms with Gasteiger partial charge in [0.1, 0.15) is 22.1 Å². The minimum Gasteiger partial charge on any atom is -0.364 e. The Labute approximate surface area is 185 Å². The van der Waals surface area contributed by atoms with E-state index in [9.17, 15) is 22.4 Å².